The molecule has 8 nitrogen and oxygen atoms in total. The topological polar surface area (TPSA) is 148 Å². The van der Waals surface area contributed by atoms with Gasteiger partial charge in [-0.2, -0.15) is 0 Å². The second kappa shape index (κ2) is 5.85. The van der Waals surface area contributed by atoms with Gasteiger partial charge in [0, 0.05) is 11.8 Å². The van der Waals surface area contributed by atoms with Crippen molar-refractivity contribution >= 4 is 14.1 Å². The van der Waals surface area contributed by atoms with Crippen LogP contribution in [0.25, 0.3) is 0 Å². The van der Waals surface area contributed by atoms with E-state index in [-0.39, 0.29) is 28.0 Å². The van der Waals surface area contributed by atoms with Crippen molar-refractivity contribution in [3.05, 3.63) is 23.0 Å². The molecule has 1 heterocycles. The van der Waals surface area contributed by atoms with Crippen LogP contribution in [0.15, 0.2) is 6.20 Å². The number of aldehydes is 1. The summed E-state index contributed by atoms with van der Waals surface area (Å²) in [5.41, 5.74) is 0.282. The van der Waals surface area contributed by atoms with Gasteiger partial charge in [-0.05, 0) is 6.92 Å². The van der Waals surface area contributed by atoms with E-state index in [9.17, 15) is 14.5 Å². The van der Waals surface area contributed by atoms with Crippen LogP contribution in [-0.4, -0.2) is 31.6 Å². The van der Waals surface area contributed by atoms with Crippen LogP contribution in [0.1, 0.15) is 21.6 Å². The Bertz CT molecular complexity index is 455. The van der Waals surface area contributed by atoms with E-state index < -0.39 is 14.4 Å². The highest BCUT2D eigenvalue weighted by Gasteiger charge is 2.17. The summed E-state index contributed by atoms with van der Waals surface area (Å²) in [6, 6.07) is 0. The third kappa shape index (κ3) is 4.22. The number of carbonyl (C=O) groups excluding carboxylic acids is 1. The highest BCUT2D eigenvalue weighted by atomic mass is 31.2. The zero-order valence-electron chi connectivity index (χ0n) is 8.82. The molecule has 96 valence electrons. The molecule has 0 bridgehead atoms. The molecule has 0 unspecified atom stereocenters. The van der Waals surface area contributed by atoms with Crippen molar-refractivity contribution in [3.8, 4) is 5.75 Å². The second-order valence-corrected chi connectivity index (χ2v) is 4.25. The van der Waals surface area contributed by atoms with Gasteiger partial charge < -0.3 is 20.4 Å². The molecule has 5 N–H and O–H groups in total. The molecule has 1 rings (SSSR count). The zero-order valence-corrected chi connectivity index (χ0v) is 9.72. The molecular formula is C8H12NO7P. The van der Waals surface area contributed by atoms with E-state index in [1.165, 1.54) is 13.1 Å². The Morgan fingerprint density at radius 3 is 2.59 bits per heavy atom. The number of carbonyl (C=O) groups is 1. The van der Waals surface area contributed by atoms with Gasteiger partial charge in [-0.15, -0.1) is 0 Å². The lowest BCUT2D eigenvalue weighted by Gasteiger charge is -2.09. The fraction of sp³-hybridized carbons (Fsp3) is 0.250. The summed E-state index contributed by atoms with van der Waals surface area (Å²) in [6.07, 6.45) is 1.59. The minimum absolute atomic E-state index is 0. The van der Waals surface area contributed by atoms with Crippen LogP contribution >= 0.6 is 7.82 Å². The van der Waals surface area contributed by atoms with Gasteiger partial charge in [0.05, 0.1) is 17.9 Å². The van der Waals surface area contributed by atoms with Crippen LogP contribution < -0.4 is 0 Å². The predicted molar refractivity (Wildman–Crippen MR) is 56.5 cm³/mol. The highest BCUT2D eigenvalue weighted by Crippen LogP contribution is 2.37. The van der Waals surface area contributed by atoms with Gasteiger partial charge in [0.2, 0.25) is 0 Å². The van der Waals surface area contributed by atoms with Crippen molar-refractivity contribution in [2.45, 2.75) is 13.5 Å². The summed E-state index contributed by atoms with van der Waals surface area (Å²) in [4.78, 5) is 31.4. The molecule has 0 aliphatic carbocycles. The van der Waals surface area contributed by atoms with Crippen molar-refractivity contribution < 1.29 is 34.3 Å². The van der Waals surface area contributed by atoms with E-state index in [1.807, 2.05) is 0 Å². The maximum atomic E-state index is 10.7. The van der Waals surface area contributed by atoms with E-state index in [0.29, 0.717) is 6.29 Å². The number of hydrogen-bond acceptors (Lipinski definition) is 5. The van der Waals surface area contributed by atoms with Crippen molar-refractivity contribution in [3.63, 3.8) is 0 Å². The maximum absolute atomic E-state index is 10.7. The Morgan fingerprint density at radius 1 is 1.53 bits per heavy atom. The minimum atomic E-state index is -4.61. The lowest BCUT2D eigenvalue weighted by atomic mass is 10.1. The first-order valence-corrected chi connectivity index (χ1v) is 5.71. The summed E-state index contributed by atoms with van der Waals surface area (Å²) in [5.74, 6) is -0.318. The second-order valence-electron chi connectivity index (χ2n) is 3.01. The van der Waals surface area contributed by atoms with E-state index in [2.05, 4.69) is 9.51 Å². The third-order valence-electron chi connectivity index (χ3n) is 1.86. The summed E-state index contributed by atoms with van der Waals surface area (Å²) in [6.45, 7) is 0.995. The molecule has 1 aromatic rings. The molecule has 0 saturated carbocycles. The van der Waals surface area contributed by atoms with Gasteiger partial charge in [0.25, 0.3) is 0 Å². The highest BCUT2D eigenvalue weighted by molar-refractivity contribution is 7.46. The maximum Gasteiger partial charge on any atom is 0.469 e. The summed E-state index contributed by atoms with van der Waals surface area (Å²) in [7, 11) is -4.61. The molecule has 0 atom stereocenters. The van der Waals surface area contributed by atoms with E-state index in [4.69, 9.17) is 9.79 Å². The normalized spacial score (nSPS) is 10.8. The van der Waals surface area contributed by atoms with E-state index >= 15 is 0 Å². The molecular weight excluding hydrogens is 253 g/mol. The molecule has 0 saturated heterocycles. The zero-order chi connectivity index (χ0) is 12.3. The number of rotatable bonds is 4. The number of pyridine rings is 1. The van der Waals surface area contributed by atoms with Crippen LogP contribution in [0.2, 0.25) is 0 Å². The Labute approximate surface area is 96.4 Å². The van der Waals surface area contributed by atoms with E-state index in [1.54, 1.807) is 0 Å². The van der Waals surface area contributed by atoms with Crippen LogP contribution in [0.3, 0.4) is 0 Å². The van der Waals surface area contributed by atoms with Gasteiger partial charge in [0.15, 0.2) is 6.29 Å². The molecule has 0 aliphatic rings. The largest absolute Gasteiger partial charge is 0.505 e. The lowest BCUT2D eigenvalue weighted by molar-refractivity contribution is 0.111. The Hall–Kier alpha value is -1.31. The van der Waals surface area contributed by atoms with Crippen LogP contribution in [0.4, 0.5) is 0 Å². The molecule has 17 heavy (non-hydrogen) atoms. The SMILES string of the molecule is Cc1ncc(COP(=O)(O)O)c(C=O)c1O.O. The summed E-state index contributed by atoms with van der Waals surface area (Å²) >= 11 is 0. The first-order valence-electron chi connectivity index (χ1n) is 4.18. The number of nitrogens with zero attached hydrogens (tertiary/aromatic N) is 1. The monoisotopic (exact) mass is 265 g/mol. The molecule has 0 radical (unpaired) electrons. The fourth-order valence-electron chi connectivity index (χ4n) is 1.05. The Kier molecular flexibility index (Phi) is 5.40. The van der Waals surface area contributed by atoms with Gasteiger partial charge >= 0.3 is 7.82 Å². The number of aromatic nitrogens is 1. The standard InChI is InChI=1S/C8H10NO6P.H2O/c1-5-8(11)7(3-10)6(2-9-5)4-15-16(12,13)14;/h2-3,11H,4H2,1H3,(H2,12,13,14);1H2. The molecule has 1 aromatic heterocycles. The van der Waals surface area contributed by atoms with Crippen LogP contribution in [-0.2, 0) is 15.7 Å². The minimum Gasteiger partial charge on any atom is -0.505 e. The third-order valence-corrected chi connectivity index (χ3v) is 2.33. The number of aryl methyl sites for hydroxylation is 1. The van der Waals surface area contributed by atoms with Gasteiger partial charge in [-0.25, -0.2) is 4.57 Å². The van der Waals surface area contributed by atoms with Crippen LogP contribution in [0, 0.1) is 6.92 Å². The molecule has 0 aromatic carbocycles. The number of aromatic hydroxyl groups is 1. The quantitative estimate of drug-likeness (QED) is 0.499. The average molecular weight is 265 g/mol. The first-order chi connectivity index (χ1) is 7.35. The van der Waals surface area contributed by atoms with Gasteiger partial charge in [0.1, 0.15) is 5.75 Å². The van der Waals surface area contributed by atoms with Crippen molar-refractivity contribution in [2.24, 2.45) is 0 Å². The molecule has 0 aliphatic heterocycles. The Balaban J connectivity index is 0.00000256. The van der Waals surface area contributed by atoms with Crippen molar-refractivity contribution in [2.75, 3.05) is 0 Å². The van der Waals surface area contributed by atoms with Crippen molar-refractivity contribution in [1.82, 2.24) is 4.98 Å². The fourth-order valence-corrected chi connectivity index (χ4v) is 1.36. The molecule has 0 amide bonds. The molecule has 0 fully saturated rings. The van der Waals surface area contributed by atoms with Gasteiger partial charge in [-0.1, -0.05) is 0 Å². The average Bonchev–Trinajstić information content (AvgIpc) is 2.18. The first kappa shape index (κ1) is 15.7. The predicted octanol–water partition coefficient (Wildman–Crippen LogP) is -0.307. The summed E-state index contributed by atoms with van der Waals surface area (Å²) < 4.78 is 14.7. The molecule has 0 spiro atoms. The number of phosphoric acid groups is 1. The number of hydrogen-bond donors (Lipinski definition) is 3. The smallest absolute Gasteiger partial charge is 0.469 e. The Morgan fingerprint density at radius 2 is 2.12 bits per heavy atom. The van der Waals surface area contributed by atoms with Crippen molar-refractivity contribution in [1.29, 1.82) is 0 Å². The van der Waals surface area contributed by atoms with Crippen LogP contribution in [0.5, 0.6) is 5.75 Å². The summed E-state index contributed by atoms with van der Waals surface area (Å²) in [5, 5.41) is 9.46. The van der Waals surface area contributed by atoms with Gasteiger partial charge in [-0.3, -0.25) is 14.3 Å². The molecule has 9 heteroatoms. The van der Waals surface area contributed by atoms with E-state index in [0.717, 1.165) is 0 Å². The number of phosphoric ester groups is 1. The lowest BCUT2D eigenvalue weighted by Crippen LogP contribution is -1.99.